The minimum atomic E-state index is -3.68. The van der Waals surface area contributed by atoms with E-state index in [-0.39, 0.29) is 29.7 Å². The van der Waals surface area contributed by atoms with E-state index in [0.717, 1.165) is 12.1 Å². The number of aliphatic hydroxyl groups is 1. The third-order valence-corrected chi connectivity index (χ3v) is 5.43. The third-order valence-electron chi connectivity index (χ3n) is 3.42. The number of halogens is 1. The van der Waals surface area contributed by atoms with Crippen molar-refractivity contribution in [1.82, 2.24) is 4.31 Å². The predicted molar refractivity (Wildman–Crippen MR) is 69.5 cm³/mol. The number of anilines is 1. The lowest BCUT2D eigenvalue weighted by molar-refractivity contribution is 0.233. The molecule has 1 heterocycles. The highest BCUT2D eigenvalue weighted by atomic mass is 32.2. The van der Waals surface area contributed by atoms with Gasteiger partial charge in [-0.15, -0.1) is 0 Å². The smallest absolute Gasteiger partial charge is 0.243 e. The molecule has 1 unspecified atom stereocenters. The Morgan fingerprint density at radius 1 is 1.53 bits per heavy atom. The van der Waals surface area contributed by atoms with Gasteiger partial charge in [-0.3, -0.25) is 0 Å². The highest BCUT2D eigenvalue weighted by Gasteiger charge is 2.33. The van der Waals surface area contributed by atoms with E-state index in [4.69, 9.17) is 10.8 Å². The molecule has 0 spiro atoms. The molecular formula is C12H17FN2O3S. The molecule has 2 rings (SSSR count). The topological polar surface area (TPSA) is 83.6 Å². The number of aryl methyl sites for hydroxylation is 1. The summed E-state index contributed by atoms with van der Waals surface area (Å²) in [6.45, 7) is 2.16. The zero-order valence-electron chi connectivity index (χ0n) is 10.6. The molecule has 5 nitrogen and oxygen atoms in total. The summed E-state index contributed by atoms with van der Waals surface area (Å²) in [6.07, 6.45) is 0.630. The van der Waals surface area contributed by atoms with E-state index in [2.05, 4.69) is 0 Å². The molecule has 1 aromatic carbocycles. The quantitative estimate of drug-likeness (QED) is 0.803. The molecule has 19 heavy (non-hydrogen) atoms. The summed E-state index contributed by atoms with van der Waals surface area (Å²) < 4.78 is 39.5. The molecule has 0 amide bonds. The van der Waals surface area contributed by atoms with Crippen molar-refractivity contribution in [3.05, 3.63) is 23.5 Å². The SMILES string of the molecule is Cc1cc(F)c(N)cc1S(=O)(=O)N1CCC(CO)C1. The first-order valence-corrected chi connectivity index (χ1v) is 7.47. The minimum Gasteiger partial charge on any atom is -0.396 e. The maximum absolute atomic E-state index is 13.3. The molecular weight excluding hydrogens is 271 g/mol. The maximum atomic E-state index is 13.3. The summed E-state index contributed by atoms with van der Waals surface area (Å²) in [5.41, 5.74) is 5.59. The predicted octanol–water partition coefficient (Wildman–Crippen LogP) is 0.719. The van der Waals surface area contributed by atoms with Crippen LogP contribution < -0.4 is 5.73 Å². The maximum Gasteiger partial charge on any atom is 0.243 e. The summed E-state index contributed by atoms with van der Waals surface area (Å²) in [6, 6.07) is 2.29. The standard InChI is InChI=1S/C12H17FN2O3S/c1-8-4-10(13)11(14)5-12(8)19(17,18)15-3-2-9(6-15)7-16/h4-5,9,16H,2-3,6-7,14H2,1H3. The number of benzene rings is 1. The van der Waals surface area contributed by atoms with Crippen molar-refractivity contribution in [1.29, 1.82) is 0 Å². The third kappa shape index (κ3) is 2.58. The first kappa shape index (κ1) is 14.2. The van der Waals surface area contributed by atoms with Gasteiger partial charge in [-0.2, -0.15) is 4.31 Å². The number of hydrogen-bond donors (Lipinski definition) is 2. The van der Waals surface area contributed by atoms with Crippen molar-refractivity contribution in [3.63, 3.8) is 0 Å². The fraction of sp³-hybridized carbons (Fsp3) is 0.500. The van der Waals surface area contributed by atoms with Crippen molar-refractivity contribution in [3.8, 4) is 0 Å². The lowest BCUT2D eigenvalue weighted by Crippen LogP contribution is -2.30. The largest absolute Gasteiger partial charge is 0.396 e. The molecule has 3 N–H and O–H groups in total. The van der Waals surface area contributed by atoms with Crippen LogP contribution in [0.4, 0.5) is 10.1 Å². The van der Waals surface area contributed by atoms with Gasteiger partial charge < -0.3 is 10.8 Å². The number of aliphatic hydroxyl groups excluding tert-OH is 1. The van der Waals surface area contributed by atoms with E-state index in [9.17, 15) is 12.8 Å². The normalized spacial score (nSPS) is 20.9. The highest BCUT2D eigenvalue weighted by Crippen LogP contribution is 2.28. The molecule has 1 aliphatic rings. The number of nitrogen functional groups attached to an aromatic ring is 1. The van der Waals surface area contributed by atoms with Crippen LogP contribution >= 0.6 is 0 Å². The summed E-state index contributed by atoms with van der Waals surface area (Å²) in [5, 5.41) is 9.06. The van der Waals surface area contributed by atoms with Crippen LogP contribution in [0.2, 0.25) is 0 Å². The van der Waals surface area contributed by atoms with Crippen LogP contribution in [0.3, 0.4) is 0 Å². The molecule has 1 aromatic rings. The number of nitrogens with zero attached hydrogens (tertiary/aromatic N) is 1. The summed E-state index contributed by atoms with van der Waals surface area (Å²) >= 11 is 0. The Balaban J connectivity index is 2.38. The van der Waals surface area contributed by atoms with E-state index in [1.807, 2.05) is 0 Å². The summed E-state index contributed by atoms with van der Waals surface area (Å²) in [7, 11) is -3.68. The van der Waals surface area contributed by atoms with E-state index in [0.29, 0.717) is 18.5 Å². The average molecular weight is 288 g/mol. The molecule has 0 aliphatic carbocycles. The van der Waals surface area contributed by atoms with Crippen molar-refractivity contribution < 1.29 is 17.9 Å². The van der Waals surface area contributed by atoms with Crippen LogP contribution in [0.15, 0.2) is 17.0 Å². The van der Waals surface area contributed by atoms with Crippen molar-refractivity contribution in [2.75, 3.05) is 25.4 Å². The van der Waals surface area contributed by atoms with Gasteiger partial charge >= 0.3 is 0 Å². The zero-order valence-corrected chi connectivity index (χ0v) is 11.5. The van der Waals surface area contributed by atoms with Crippen LogP contribution in [-0.4, -0.2) is 37.5 Å². The van der Waals surface area contributed by atoms with Gasteiger partial charge in [0.25, 0.3) is 0 Å². The van der Waals surface area contributed by atoms with Crippen LogP contribution in [0.1, 0.15) is 12.0 Å². The molecule has 0 radical (unpaired) electrons. The van der Waals surface area contributed by atoms with Crippen molar-refractivity contribution >= 4 is 15.7 Å². The first-order valence-electron chi connectivity index (χ1n) is 6.03. The van der Waals surface area contributed by atoms with Gasteiger partial charge in [0.15, 0.2) is 0 Å². The Morgan fingerprint density at radius 2 is 2.21 bits per heavy atom. The van der Waals surface area contributed by atoms with Gasteiger partial charge in [-0.05, 0) is 37.0 Å². The molecule has 1 atom stereocenters. The number of rotatable bonds is 3. The van der Waals surface area contributed by atoms with Crippen molar-refractivity contribution in [2.45, 2.75) is 18.2 Å². The molecule has 0 bridgehead atoms. The number of nitrogens with two attached hydrogens (primary N) is 1. The van der Waals surface area contributed by atoms with Gasteiger partial charge in [-0.1, -0.05) is 0 Å². The lowest BCUT2D eigenvalue weighted by atomic mass is 10.1. The Hall–Kier alpha value is -1.18. The van der Waals surface area contributed by atoms with Gasteiger partial charge in [-0.25, -0.2) is 12.8 Å². The fourth-order valence-electron chi connectivity index (χ4n) is 2.25. The Morgan fingerprint density at radius 3 is 2.79 bits per heavy atom. The average Bonchev–Trinajstić information content (AvgIpc) is 2.83. The van der Waals surface area contributed by atoms with Crippen LogP contribution in [0.25, 0.3) is 0 Å². The van der Waals surface area contributed by atoms with Crippen molar-refractivity contribution in [2.24, 2.45) is 5.92 Å². The molecule has 7 heteroatoms. The van der Waals surface area contributed by atoms with E-state index in [1.54, 1.807) is 0 Å². The fourth-order valence-corrected chi connectivity index (χ4v) is 4.02. The summed E-state index contributed by atoms with van der Waals surface area (Å²) in [5.74, 6) is -0.654. The van der Waals surface area contributed by atoms with E-state index in [1.165, 1.54) is 11.2 Å². The van der Waals surface area contributed by atoms with Gasteiger partial charge in [0.1, 0.15) is 5.82 Å². The molecule has 106 valence electrons. The zero-order chi connectivity index (χ0) is 14.2. The Kier molecular flexibility index (Phi) is 3.80. The van der Waals surface area contributed by atoms with Gasteiger partial charge in [0, 0.05) is 19.7 Å². The van der Waals surface area contributed by atoms with E-state index < -0.39 is 15.8 Å². The molecule has 1 aliphatic heterocycles. The van der Waals surface area contributed by atoms with Crippen LogP contribution in [0, 0.1) is 18.7 Å². The first-order chi connectivity index (χ1) is 8.86. The van der Waals surface area contributed by atoms with Gasteiger partial charge in [0.05, 0.1) is 10.6 Å². The highest BCUT2D eigenvalue weighted by molar-refractivity contribution is 7.89. The second-order valence-corrected chi connectivity index (χ2v) is 6.75. The van der Waals surface area contributed by atoms with Crippen LogP contribution in [0.5, 0.6) is 0 Å². The molecule has 0 aromatic heterocycles. The van der Waals surface area contributed by atoms with E-state index >= 15 is 0 Å². The molecule has 1 saturated heterocycles. The Labute approximate surface area is 111 Å². The molecule has 0 saturated carbocycles. The second-order valence-electron chi connectivity index (χ2n) is 4.84. The van der Waals surface area contributed by atoms with Gasteiger partial charge in [0.2, 0.25) is 10.0 Å². The monoisotopic (exact) mass is 288 g/mol. The Bertz CT molecular complexity index is 589. The number of hydrogen-bond acceptors (Lipinski definition) is 4. The molecule has 1 fully saturated rings. The lowest BCUT2D eigenvalue weighted by Gasteiger charge is -2.18. The summed E-state index contributed by atoms with van der Waals surface area (Å²) in [4.78, 5) is 0.0324. The number of sulfonamides is 1. The second kappa shape index (κ2) is 5.07. The minimum absolute atomic E-state index is 0.0312. The van der Waals surface area contributed by atoms with Crippen LogP contribution in [-0.2, 0) is 10.0 Å².